The van der Waals surface area contributed by atoms with Crippen LogP contribution in [0.5, 0.6) is 0 Å². The highest BCUT2D eigenvalue weighted by molar-refractivity contribution is 9.10. The Morgan fingerprint density at radius 3 is 2.64 bits per heavy atom. The molecular formula is C16H17BrF2N6. The van der Waals surface area contributed by atoms with Crippen molar-refractivity contribution in [1.82, 2.24) is 4.98 Å². The molecule has 1 unspecified atom stereocenters. The Morgan fingerprint density at radius 2 is 2.12 bits per heavy atom. The van der Waals surface area contributed by atoms with Crippen LogP contribution in [-0.4, -0.2) is 22.7 Å². The minimum Gasteiger partial charge on any atom is -0.382 e. The van der Waals surface area contributed by atoms with Gasteiger partial charge in [0.15, 0.2) is 5.82 Å². The Kier molecular flexibility index (Phi) is 6.02. The summed E-state index contributed by atoms with van der Waals surface area (Å²) in [6, 6.07) is 4.88. The molecule has 6 nitrogen and oxygen atoms in total. The molecule has 0 saturated heterocycles. The van der Waals surface area contributed by atoms with E-state index in [1.807, 2.05) is 6.92 Å². The lowest BCUT2D eigenvalue weighted by molar-refractivity contribution is 0.585. The van der Waals surface area contributed by atoms with Crippen molar-refractivity contribution in [3.8, 4) is 0 Å². The predicted molar refractivity (Wildman–Crippen MR) is 98.7 cm³/mol. The Morgan fingerprint density at radius 1 is 1.40 bits per heavy atom. The molecule has 0 aliphatic rings. The van der Waals surface area contributed by atoms with E-state index in [1.54, 1.807) is 6.07 Å². The minimum absolute atomic E-state index is 0.0190. The number of aromatic nitrogens is 1. The van der Waals surface area contributed by atoms with Gasteiger partial charge in [-0.15, -0.1) is 0 Å². The predicted octanol–water partition coefficient (Wildman–Crippen LogP) is 3.55. The second-order valence-corrected chi connectivity index (χ2v) is 6.08. The van der Waals surface area contributed by atoms with Crippen molar-refractivity contribution >= 4 is 39.4 Å². The lowest BCUT2D eigenvalue weighted by Crippen LogP contribution is -2.17. The fraction of sp³-hybridized carbons (Fsp3) is 0.188. The summed E-state index contributed by atoms with van der Waals surface area (Å²) in [5.41, 5.74) is 7.07. The first-order valence-corrected chi connectivity index (χ1v) is 8.16. The second-order valence-electron chi connectivity index (χ2n) is 5.23. The largest absolute Gasteiger partial charge is 0.382 e. The number of benzene rings is 1. The van der Waals surface area contributed by atoms with Gasteiger partial charge in [-0.05, 0) is 40.5 Å². The molecule has 25 heavy (non-hydrogen) atoms. The lowest BCUT2D eigenvalue weighted by Gasteiger charge is -2.12. The average molecular weight is 411 g/mol. The molecule has 1 atom stereocenters. The Hall–Kier alpha value is -2.55. The summed E-state index contributed by atoms with van der Waals surface area (Å²) >= 11 is 3.34. The highest BCUT2D eigenvalue weighted by atomic mass is 79.9. The Balaban J connectivity index is 2.32. The van der Waals surface area contributed by atoms with Crippen LogP contribution in [0.15, 0.2) is 38.8 Å². The molecule has 132 valence electrons. The Bertz CT molecular complexity index is 843. The number of nitrogens with one attached hydrogen (secondary N) is 2. The standard InChI is InChI=1S/C16H17BrF2N6/c1-2-9(13-6-10(17)15(24-13)16(20)21)14(25-22)7-23-12-4-3-8(18)5-11(12)19/h3-7,9,24H,2,22H2,1H3,(H3,20,21). The number of nitrogens with zero attached hydrogens (tertiary/aromatic N) is 2. The van der Waals surface area contributed by atoms with Crippen molar-refractivity contribution in [2.45, 2.75) is 19.3 Å². The van der Waals surface area contributed by atoms with Crippen LogP contribution in [0.2, 0.25) is 0 Å². The fourth-order valence-corrected chi connectivity index (χ4v) is 2.92. The number of nitrogens with two attached hydrogens (primary N) is 2. The first-order valence-electron chi connectivity index (χ1n) is 7.37. The van der Waals surface area contributed by atoms with Gasteiger partial charge < -0.3 is 16.6 Å². The maximum Gasteiger partial charge on any atom is 0.151 e. The molecule has 0 amide bonds. The first kappa shape index (κ1) is 18.8. The van der Waals surface area contributed by atoms with Crippen LogP contribution in [0.4, 0.5) is 14.5 Å². The summed E-state index contributed by atoms with van der Waals surface area (Å²) in [7, 11) is 0. The van der Waals surface area contributed by atoms with Gasteiger partial charge in [0.2, 0.25) is 0 Å². The maximum atomic E-state index is 13.7. The van der Waals surface area contributed by atoms with Crippen molar-refractivity contribution in [2.75, 3.05) is 0 Å². The zero-order chi connectivity index (χ0) is 18.6. The number of H-pyrrole nitrogens is 1. The van der Waals surface area contributed by atoms with Gasteiger partial charge in [-0.1, -0.05) is 6.92 Å². The summed E-state index contributed by atoms with van der Waals surface area (Å²) in [5.74, 6) is 3.64. The normalized spacial score (nSPS) is 13.4. The molecule has 2 rings (SSSR count). The van der Waals surface area contributed by atoms with Crippen molar-refractivity contribution in [3.63, 3.8) is 0 Å². The van der Waals surface area contributed by atoms with Gasteiger partial charge in [0, 0.05) is 22.2 Å². The van der Waals surface area contributed by atoms with Crippen molar-refractivity contribution in [1.29, 1.82) is 5.41 Å². The van der Waals surface area contributed by atoms with E-state index < -0.39 is 11.6 Å². The summed E-state index contributed by atoms with van der Waals surface area (Å²) in [6.45, 7) is 1.92. The number of aliphatic imine (C=N–C) groups is 1. The zero-order valence-electron chi connectivity index (χ0n) is 13.4. The van der Waals surface area contributed by atoms with Gasteiger partial charge in [-0.25, -0.2) is 8.78 Å². The SMILES string of the molecule is CCC(C(C=Nc1ccc(F)cc1F)=NN)c1cc(Br)c(C(=N)N)[nH]1. The van der Waals surface area contributed by atoms with Crippen LogP contribution in [0, 0.1) is 17.0 Å². The molecule has 2 aromatic rings. The number of aromatic amines is 1. The van der Waals surface area contributed by atoms with E-state index in [1.165, 1.54) is 12.3 Å². The molecular weight excluding hydrogens is 394 g/mol. The van der Waals surface area contributed by atoms with E-state index in [-0.39, 0.29) is 17.4 Å². The van der Waals surface area contributed by atoms with E-state index in [9.17, 15) is 8.78 Å². The van der Waals surface area contributed by atoms with Gasteiger partial charge in [-0.2, -0.15) is 5.10 Å². The highest BCUT2D eigenvalue weighted by Crippen LogP contribution is 2.26. The molecule has 0 saturated carbocycles. The number of rotatable bonds is 6. The minimum atomic E-state index is -0.776. The van der Waals surface area contributed by atoms with Gasteiger partial charge >= 0.3 is 0 Å². The van der Waals surface area contributed by atoms with Crippen molar-refractivity contribution in [3.05, 3.63) is 51.8 Å². The number of hydrogen-bond acceptors (Lipinski definition) is 4. The lowest BCUT2D eigenvalue weighted by atomic mass is 9.97. The molecule has 0 aliphatic carbocycles. The van der Waals surface area contributed by atoms with Crippen LogP contribution in [0.3, 0.4) is 0 Å². The van der Waals surface area contributed by atoms with Gasteiger partial charge in [0.25, 0.3) is 0 Å². The number of nitrogen functional groups attached to an aromatic ring is 1. The van der Waals surface area contributed by atoms with Gasteiger partial charge in [0.05, 0.1) is 23.3 Å². The summed E-state index contributed by atoms with van der Waals surface area (Å²) in [4.78, 5) is 7.05. The van der Waals surface area contributed by atoms with Crippen LogP contribution >= 0.6 is 15.9 Å². The molecule has 6 N–H and O–H groups in total. The average Bonchev–Trinajstić information content (AvgIpc) is 2.94. The second kappa shape index (κ2) is 8.02. The molecule has 1 aromatic heterocycles. The summed E-state index contributed by atoms with van der Waals surface area (Å²) in [5, 5.41) is 11.3. The molecule has 1 aromatic carbocycles. The molecule has 0 aliphatic heterocycles. The smallest absolute Gasteiger partial charge is 0.151 e. The maximum absolute atomic E-state index is 13.7. The van der Waals surface area contributed by atoms with Gasteiger partial charge in [0.1, 0.15) is 11.7 Å². The van der Waals surface area contributed by atoms with Crippen molar-refractivity contribution < 1.29 is 8.78 Å². The number of halogens is 3. The third kappa shape index (κ3) is 4.30. The van der Waals surface area contributed by atoms with Crippen LogP contribution in [-0.2, 0) is 0 Å². The van der Waals surface area contributed by atoms with E-state index in [2.05, 4.69) is 31.0 Å². The molecule has 0 bridgehead atoms. The molecule has 1 heterocycles. The molecule has 0 radical (unpaired) electrons. The third-order valence-electron chi connectivity index (χ3n) is 3.60. The van der Waals surface area contributed by atoms with Crippen LogP contribution in [0.1, 0.15) is 30.7 Å². The van der Waals surface area contributed by atoms with Crippen molar-refractivity contribution in [2.24, 2.45) is 21.7 Å². The van der Waals surface area contributed by atoms with Gasteiger partial charge in [-0.3, -0.25) is 10.4 Å². The van der Waals surface area contributed by atoms with Crippen LogP contribution < -0.4 is 11.6 Å². The summed E-state index contributed by atoms with van der Waals surface area (Å²) < 4.78 is 27.3. The molecule has 0 spiro atoms. The van der Waals surface area contributed by atoms with E-state index >= 15 is 0 Å². The van der Waals surface area contributed by atoms with Crippen LogP contribution in [0.25, 0.3) is 0 Å². The number of hydrogen-bond donors (Lipinski definition) is 4. The molecule has 0 fully saturated rings. The zero-order valence-corrected chi connectivity index (χ0v) is 14.9. The van der Waals surface area contributed by atoms with E-state index in [4.69, 9.17) is 17.0 Å². The Labute approximate surface area is 151 Å². The number of amidine groups is 1. The highest BCUT2D eigenvalue weighted by Gasteiger charge is 2.20. The van der Waals surface area contributed by atoms with E-state index in [0.29, 0.717) is 22.3 Å². The monoisotopic (exact) mass is 410 g/mol. The molecule has 9 heteroatoms. The number of hydrazone groups is 1. The quantitative estimate of drug-likeness (QED) is 0.252. The first-order chi connectivity index (χ1) is 11.9. The third-order valence-corrected chi connectivity index (χ3v) is 4.22. The summed E-state index contributed by atoms with van der Waals surface area (Å²) in [6.07, 6.45) is 1.96. The van der Waals surface area contributed by atoms with E-state index in [0.717, 1.165) is 17.8 Å². The fourth-order valence-electron chi connectivity index (χ4n) is 2.36. The topological polar surface area (TPSA) is 116 Å².